The maximum atomic E-state index is 13.6. The Morgan fingerprint density at radius 1 is 0.941 bits per heavy atom. The minimum Gasteiger partial charge on any atom is -0.497 e. The van der Waals surface area contributed by atoms with Gasteiger partial charge in [0.1, 0.15) is 18.0 Å². The summed E-state index contributed by atoms with van der Waals surface area (Å²) in [5.74, 6) is 0.456. The zero-order valence-electron chi connectivity index (χ0n) is 19.8. The van der Waals surface area contributed by atoms with Gasteiger partial charge in [-0.3, -0.25) is 9.10 Å². The number of para-hydroxylation sites is 2. The third-order valence-electron chi connectivity index (χ3n) is 5.51. The van der Waals surface area contributed by atoms with E-state index in [1.54, 1.807) is 36.4 Å². The van der Waals surface area contributed by atoms with Crippen molar-refractivity contribution in [1.82, 2.24) is 5.32 Å². The van der Waals surface area contributed by atoms with Gasteiger partial charge < -0.3 is 14.8 Å². The number of aryl methyl sites for hydroxylation is 1. The molecule has 0 radical (unpaired) electrons. The van der Waals surface area contributed by atoms with E-state index < -0.39 is 22.5 Å². The molecule has 0 aliphatic rings. The third-order valence-corrected chi connectivity index (χ3v) is 7.29. The lowest BCUT2D eigenvalue weighted by Gasteiger charge is -2.27. The zero-order valence-corrected chi connectivity index (χ0v) is 20.6. The predicted molar refractivity (Wildman–Crippen MR) is 133 cm³/mol. The van der Waals surface area contributed by atoms with Gasteiger partial charge in [0.25, 0.3) is 10.0 Å². The quantitative estimate of drug-likeness (QED) is 0.461. The van der Waals surface area contributed by atoms with Gasteiger partial charge in [-0.05, 0) is 55.3 Å². The lowest BCUT2D eigenvalue weighted by Crippen LogP contribution is -2.42. The van der Waals surface area contributed by atoms with Crippen molar-refractivity contribution >= 4 is 21.6 Å². The number of hydrogen-bond acceptors (Lipinski definition) is 5. The maximum Gasteiger partial charge on any atom is 0.264 e. The Morgan fingerprint density at radius 2 is 1.59 bits per heavy atom. The van der Waals surface area contributed by atoms with Crippen LogP contribution >= 0.6 is 0 Å². The lowest BCUT2D eigenvalue weighted by molar-refractivity contribution is -0.120. The van der Waals surface area contributed by atoms with Crippen molar-refractivity contribution in [2.45, 2.75) is 31.2 Å². The summed E-state index contributed by atoms with van der Waals surface area (Å²) in [4.78, 5) is 13.2. The average molecular weight is 483 g/mol. The van der Waals surface area contributed by atoms with Crippen molar-refractivity contribution < 1.29 is 22.7 Å². The number of amides is 1. The number of carbonyl (C=O) groups is 1. The van der Waals surface area contributed by atoms with Gasteiger partial charge in [0.2, 0.25) is 5.91 Å². The highest BCUT2D eigenvalue weighted by atomic mass is 32.2. The number of methoxy groups -OCH3 is 2. The third kappa shape index (κ3) is 5.69. The van der Waals surface area contributed by atoms with Crippen LogP contribution in [0.1, 0.15) is 30.5 Å². The molecule has 1 amide bonds. The van der Waals surface area contributed by atoms with E-state index in [2.05, 4.69) is 5.32 Å². The number of rotatable bonds is 10. The normalized spacial score (nSPS) is 12.0. The molecule has 0 unspecified atom stereocenters. The van der Waals surface area contributed by atoms with E-state index in [4.69, 9.17) is 9.47 Å². The molecule has 0 heterocycles. The van der Waals surface area contributed by atoms with Gasteiger partial charge in [0.15, 0.2) is 0 Å². The van der Waals surface area contributed by atoms with E-state index in [-0.39, 0.29) is 16.6 Å². The topological polar surface area (TPSA) is 84.9 Å². The largest absolute Gasteiger partial charge is 0.497 e. The molecular weight excluding hydrogens is 452 g/mol. The number of anilines is 1. The molecule has 34 heavy (non-hydrogen) atoms. The predicted octanol–water partition coefficient (Wildman–Crippen LogP) is 4.48. The summed E-state index contributed by atoms with van der Waals surface area (Å²) in [7, 11) is -1.12. The molecule has 0 aliphatic carbocycles. The van der Waals surface area contributed by atoms with Crippen LogP contribution in [0.3, 0.4) is 0 Å². The SMILES string of the molecule is CC[C@@H](NC(=O)CN(c1ccccc1OC)S(=O)(=O)c1ccc(OC)cc1)c1ccc(C)cc1. The number of hydrogen-bond donors (Lipinski definition) is 1. The van der Waals surface area contributed by atoms with Crippen molar-refractivity contribution in [1.29, 1.82) is 0 Å². The lowest BCUT2D eigenvalue weighted by atomic mass is 10.0. The molecule has 0 saturated heterocycles. The summed E-state index contributed by atoms with van der Waals surface area (Å²) in [5, 5.41) is 2.98. The first-order valence-corrected chi connectivity index (χ1v) is 12.4. The summed E-state index contributed by atoms with van der Waals surface area (Å²) >= 11 is 0. The molecule has 0 saturated carbocycles. The monoisotopic (exact) mass is 482 g/mol. The first-order valence-electron chi connectivity index (χ1n) is 11.0. The van der Waals surface area contributed by atoms with Crippen LogP contribution in [0, 0.1) is 6.92 Å². The molecular formula is C26H30N2O5S. The highest BCUT2D eigenvalue weighted by molar-refractivity contribution is 7.92. The average Bonchev–Trinajstić information content (AvgIpc) is 2.86. The minimum absolute atomic E-state index is 0.0394. The number of ether oxygens (including phenoxy) is 2. The molecule has 0 bridgehead atoms. The van der Waals surface area contributed by atoms with Gasteiger partial charge in [0.05, 0.1) is 30.8 Å². The van der Waals surface area contributed by atoms with Gasteiger partial charge in [0, 0.05) is 0 Å². The molecule has 1 N–H and O–H groups in total. The summed E-state index contributed by atoms with van der Waals surface area (Å²) in [5.41, 5.74) is 2.36. The van der Waals surface area contributed by atoms with Gasteiger partial charge in [-0.25, -0.2) is 8.42 Å². The van der Waals surface area contributed by atoms with Crippen LogP contribution in [0.25, 0.3) is 0 Å². The molecule has 8 heteroatoms. The Labute approximate surface area is 201 Å². The van der Waals surface area contributed by atoms with Crippen molar-refractivity contribution in [3.63, 3.8) is 0 Å². The van der Waals surface area contributed by atoms with E-state index in [1.807, 2.05) is 38.1 Å². The van der Waals surface area contributed by atoms with Crippen molar-refractivity contribution in [3.05, 3.63) is 83.9 Å². The first kappa shape index (κ1) is 25.1. The number of carbonyl (C=O) groups excluding carboxylic acids is 1. The fourth-order valence-electron chi connectivity index (χ4n) is 3.60. The van der Waals surface area contributed by atoms with Crippen LogP contribution in [0.4, 0.5) is 5.69 Å². The van der Waals surface area contributed by atoms with E-state index in [9.17, 15) is 13.2 Å². The van der Waals surface area contributed by atoms with Crippen molar-refractivity contribution in [2.75, 3.05) is 25.1 Å². The highest BCUT2D eigenvalue weighted by Crippen LogP contribution is 2.32. The first-order chi connectivity index (χ1) is 16.3. The summed E-state index contributed by atoms with van der Waals surface area (Å²) in [6.07, 6.45) is 0.661. The summed E-state index contributed by atoms with van der Waals surface area (Å²) in [6, 6.07) is 20.4. The molecule has 0 aliphatic heterocycles. The second-order valence-corrected chi connectivity index (χ2v) is 9.66. The minimum atomic E-state index is -4.08. The fraction of sp³-hybridized carbons (Fsp3) is 0.269. The Hall–Kier alpha value is -3.52. The molecule has 0 spiro atoms. The van der Waals surface area contributed by atoms with Gasteiger partial charge in [-0.1, -0.05) is 48.9 Å². The van der Waals surface area contributed by atoms with Crippen LogP contribution in [0.5, 0.6) is 11.5 Å². The maximum absolute atomic E-state index is 13.6. The highest BCUT2D eigenvalue weighted by Gasteiger charge is 2.30. The van der Waals surface area contributed by atoms with E-state index in [1.165, 1.54) is 26.4 Å². The van der Waals surface area contributed by atoms with E-state index >= 15 is 0 Å². The zero-order chi connectivity index (χ0) is 24.7. The Bertz CT molecular complexity index is 1210. The standard InChI is InChI=1S/C26H30N2O5S/c1-5-23(20-12-10-19(2)11-13-20)27-26(29)18-28(24-8-6-7-9-25(24)33-4)34(30,31)22-16-14-21(32-3)15-17-22/h6-17,23H,5,18H2,1-4H3,(H,27,29)/t23-/m1/s1. The number of nitrogens with zero attached hydrogens (tertiary/aromatic N) is 1. The van der Waals surface area contributed by atoms with Crippen molar-refractivity contribution in [2.24, 2.45) is 0 Å². The Balaban J connectivity index is 1.95. The number of nitrogens with one attached hydrogen (secondary N) is 1. The number of benzene rings is 3. The molecule has 0 aromatic heterocycles. The Morgan fingerprint density at radius 3 is 2.18 bits per heavy atom. The summed E-state index contributed by atoms with van der Waals surface area (Å²) in [6.45, 7) is 3.56. The van der Waals surface area contributed by atoms with E-state index in [0.717, 1.165) is 15.4 Å². The van der Waals surface area contributed by atoms with Crippen LogP contribution in [-0.2, 0) is 14.8 Å². The van der Waals surface area contributed by atoms with E-state index in [0.29, 0.717) is 17.9 Å². The molecule has 3 aromatic carbocycles. The van der Waals surface area contributed by atoms with Crippen LogP contribution in [0.15, 0.2) is 77.7 Å². The van der Waals surface area contributed by atoms with Crippen LogP contribution < -0.4 is 19.1 Å². The van der Waals surface area contributed by atoms with Gasteiger partial charge in [-0.2, -0.15) is 0 Å². The molecule has 1 atom stereocenters. The molecule has 0 fully saturated rings. The Kier molecular flexibility index (Phi) is 8.17. The van der Waals surface area contributed by atoms with Crippen LogP contribution in [-0.4, -0.2) is 35.1 Å². The second kappa shape index (κ2) is 11.1. The van der Waals surface area contributed by atoms with Crippen molar-refractivity contribution in [3.8, 4) is 11.5 Å². The fourth-order valence-corrected chi connectivity index (χ4v) is 5.03. The van der Waals surface area contributed by atoms with Gasteiger partial charge >= 0.3 is 0 Å². The smallest absolute Gasteiger partial charge is 0.264 e. The van der Waals surface area contributed by atoms with Crippen LogP contribution in [0.2, 0.25) is 0 Å². The summed E-state index contributed by atoms with van der Waals surface area (Å²) < 4.78 is 38.9. The molecule has 7 nitrogen and oxygen atoms in total. The molecule has 3 aromatic rings. The van der Waals surface area contributed by atoms with Gasteiger partial charge in [-0.15, -0.1) is 0 Å². The number of sulfonamides is 1. The second-order valence-electron chi connectivity index (χ2n) is 7.80. The molecule has 3 rings (SSSR count). The molecule has 180 valence electrons.